The van der Waals surface area contributed by atoms with Crippen LogP contribution in [0, 0.1) is 0 Å². The Morgan fingerprint density at radius 2 is 2.25 bits per heavy atom. The maximum atomic E-state index is 12.0. The lowest BCUT2D eigenvalue weighted by Gasteiger charge is -2.19. The fourth-order valence-corrected chi connectivity index (χ4v) is 2.15. The van der Waals surface area contributed by atoms with Gasteiger partial charge in [-0.3, -0.25) is 4.79 Å². The van der Waals surface area contributed by atoms with E-state index < -0.39 is 5.54 Å². The number of para-hydroxylation sites is 1. The first-order valence-electron chi connectivity index (χ1n) is 6.22. The van der Waals surface area contributed by atoms with Crippen molar-refractivity contribution in [2.75, 3.05) is 5.32 Å². The zero-order valence-corrected chi connectivity index (χ0v) is 12.2. The number of nitrogens with one attached hydrogen (secondary N) is 1. The molecule has 3 N–H and O–H groups in total. The number of anilines is 1. The van der Waals surface area contributed by atoms with Gasteiger partial charge in [0, 0.05) is 24.4 Å². The van der Waals surface area contributed by atoms with Crippen LogP contribution in [0.4, 0.5) is 5.69 Å². The van der Waals surface area contributed by atoms with E-state index in [4.69, 9.17) is 17.3 Å². The predicted octanol–water partition coefficient (Wildman–Crippen LogP) is 2.59. The summed E-state index contributed by atoms with van der Waals surface area (Å²) in [5.41, 5.74) is 6.61. The number of imidazole rings is 1. The van der Waals surface area contributed by atoms with Gasteiger partial charge in [0.2, 0.25) is 5.91 Å². The number of rotatable bonds is 4. The van der Waals surface area contributed by atoms with E-state index in [1.807, 2.05) is 0 Å². The van der Waals surface area contributed by atoms with Crippen molar-refractivity contribution >= 4 is 23.2 Å². The molecule has 0 radical (unpaired) electrons. The second-order valence-corrected chi connectivity index (χ2v) is 5.73. The van der Waals surface area contributed by atoms with Gasteiger partial charge in [-0.1, -0.05) is 17.7 Å². The molecule has 1 amide bonds. The first-order valence-corrected chi connectivity index (χ1v) is 6.60. The van der Waals surface area contributed by atoms with Crippen LogP contribution < -0.4 is 11.1 Å². The van der Waals surface area contributed by atoms with Crippen LogP contribution >= 0.6 is 11.6 Å². The van der Waals surface area contributed by atoms with Crippen LogP contribution in [-0.4, -0.2) is 21.0 Å². The summed E-state index contributed by atoms with van der Waals surface area (Å²) in [7, 11) is 0. The first kappa shape index (κ1) is 14.6. The van der Waals surface area contributed by atoms with Gasteiger partial charge in [-0.05, 0) is 26.0 Å². The Morgan fingerprint density at radius 1 is 1.50 bits per heavy atom. The molecule has 0 unspecified atom stereocenters. The number of carbonyl (C=O) groups excluding carboxylic acids is 1. The molecule has 0 aliphatic heterocycles. The fraction of sp³-hybridized carbons (Fsp3) is 0.286. The smallest absolute Gasteiger partial charge is 0.226 e. The molecule has 1 aromatic carbocycles. The molecule has 0 atom stereocenters. The van der Waals surface area contributed by atoms with Crippen molar-refractivity contribution in [2.45, 2.75) is 25.8 Å². The predicted molar refractivity (Wildman–Crippen MR) is 80.1 cm³/mol. The van der Waals surface area contributed by atoms with Crippen molar-refractivity contribution in [1.82, 2.24) is 9.55 Å². The number of nitrogens with zero attached hydrogens (tertiary/aromatic N) is 2. The molecule has 0 fully saturated rings. The van der Waals surface area contributed by atoms with Gasteiger partial charge >= 0.3 is 0 Å². The largest absolute Gasteiger partial charge is 0.325 e. The summed E-state index contributed by atoms with van der Waals surface area (Å²) in [6.07, 6.45) is 5.27. The van der Waals surface area contributed by atoms with E-state index in [-0.39, 0.29) is 12.3 Å². The second-order valence-electron chi connectivity index (χ2n) is 5.32. The minimum absolute atomic E-state index is 0.152. The number of nitrogens with two attached hydrogens (primary N) is 1. The summed E-state index contributed by atoms with van der Waals surface area (Å²) in [6, 6.07) is 5.34. The van der Waals surface area contributed by atoms with E-state index in [0.717, 1.165) is 0 Å². The number of halogens is 1. The monoisotopic (exact) mass is 292 g/mol. The molecular formula is C14H17ClN4O. The Hall–Kier alpha value is -1.85. The third kappa shape index (κ3) is 3.59. The lowest BCUT2D eigenvalue weighted by Crippen LogP contribution is -2.36. The Morgan fingerprint density at radius 3 is 2.85 bits per heavy atom. The highest BCUT2D eigenvalue weighted by Gasteiger charge is 2.18. The quantitative estimate of drug-likeness (QED) is 0.910. The normalized spacial score (nSPS) is 11.4. The lowest BCUT2D eigenvalue weighted by molar-refractivity contribution is -0.117. The fourth-order valence-electron chi connectivity index (χ4n) is 1.88. The molecule has 5 nitrogen and oxygen atoms in total. The zero-order chi connectivity index (χ0) is 14.8. The summed E-state index contributed by atoms with van der Waals surface area (Å²) >= 11 is 6.21. The van der Waals surface area contributed by atoms with Crippen LogP contribution in [0.15, 0.2) is 36.9 Å². The molecular weight excluding hydrogens is 276 g/mol. The summed E-state index contributed by atoms with van der Waals surface area (Å²) in [5, 5.41) is 3.38. The summed E-state index contributed by atoms with van der Waals surface area (Å²) in [4.78, 5) is 16.0. The van der Waals surface area contributed by atoms with Crippen LogP contribution in [0.5, 0.6) is 0 Å². The number of amides is 1. The molecule has 6 heteroatoms. The van der Waals surface area contributed by atoms with Crippen molar-refractivity contribution in [1.29, 1.82) is 0 Å². The van der Waals surface area contributed by atoms with Crippen molar-refractivity contribution in [3.8, 4) is 5.69 Å². The Kier molecular flexibility index (Phi) is 4.11. The van der Waals surface area contributed by atoms with Gasteiger partial charge in [-0.15, -0.1) is 0 Å². The van der Waals surface area contributed by atoms with E-state index in [9.17, 15) is 4.79 Å². The SMILES string of the molecule is CC(C)(N)CC(=O)Nc1cccc(Cl)c1-n1ccnc1. The van der Waals surface area contributed by atoms with Crippen molar-refractivity contribution in [2.24, 2.45) is 5.73 Å². The van der Waals surface area contributed by atoms with E-state index in [1.54, 1.807) is 55.3 Å². The molecule has 1 aromatic heterocycles. The van der Waals surface area contributed by atoms with E-state index >= 15 is 0 Å². The lowest BCUT2D eigenvalue weighted by atomic mass is 10.0. The minimum Gasteiger partial charge on any atom is -0.325 e. The van der Waals surface area contributed by atoms with Gasteiger partial charge < -0.3 is 15.6 Å². The summed E-state index contributed by atoms with van der Waals surface area (Å²) in [5.74, 6) is -0.152. The zero-order valence-electron chi connectivity index (χ0n) is 11.4. The molecule has 0 aliphatic carbocycles. The van der Waals surface area contributed by atoms with Crippen LogP contribution in [-0.2, 0) is 4.79 Å². The van der Waals surface area contributed by atoms with Gasteiger partial charge in [0.1, 0.15) is 0 Å². The van der Waals surface area contributed by atoms with E-state index in [1.165, 1.54) is 0 Å². The van der Waals surface area contributed by atoms with Gasteiger partial charge in [-0.25, -0.2) is 4.98 Å². The molecule has 1 heterocycles. The molecule has 0 saturated carbocycles. The highest BCUT2D eigenvalue weighted by atomic mass is 35.5. The standard InChI is InChI=1S/C14H17ClN4O/c1-14(2,16)8-12(20)18-11-5-3-4-10(15)13(11)19-7-6-17-9-19/h3-7,9H,8,16H2,1-2H3,(H,18,20). The van der Waals surface area contributed by atoms with Crippen molar-refractivity contribution < 1.29 is 4.79 Å². The van der Waals surface area contributed by atoms with Crippen LogP contribution in [0.1, 0.15) is 20.3 Å². The van der Waals surface area contributed by atoms with E-state index in [0.29, 0.717) is 16.4 Å². The van der Waals surface area contributed by atoms with Crippen LogP contribution in [0.3, 0.4) is 0 Å². The molecule has 106 valence electrons. The third-order valence-electron chi connectivity index (χ3n) is 2.64. The Labute approximate surface area is 122 Å². The van der Waals surface area contributed by atoms with Crippen molar-refractivity contribution in [3.63, 3.8) is 0 Å². The number of hydrogen-bond acceptors (Lipinski definition) is 3. The molecule has 0 aliphatic rings. The maximum absolute atomic E-state index is 12.0. The number of hydrogen-bond donors (Lipinski definition) is 2. The van der Waals surface area contributed by atoms with Crippen LogP contribution in [0.25, 0.3) is 5.69 Å². The van der Waals surface area contributed by atoms with Gasteiger partial charge in [0.05, 0.1) is 22.7 Å². The number of carbonyl (C=O) groups is 1. The Balaban J connectivity index is 2.29. The third-order valence-corrected chi connectivity index (χ3v) is 2.94. The van der Waals surface area contributed by atoms with Crippen LogP contribution in [0.2, 0.25) is 5.02 Å². The van der Waals surface area contributed by atoms with E-state index in [2.05, 4.69) is 10.3 Å². The van der Waals surface area contributed by atoms with Crippen molar-refractivity contribution in [3.05, 3.63) is 41.9 Å². The summed E-state index contributed by atoms with van der Waals surface area (Å²) in [6.45, 7) is 3.61. The molecule has 0 bridgehead atoms. The topological polar surface area (TPSA) is 72.9 Å². The highest BCUT2D eigenvalue weighted by molar-refractivity contribution is 6.33. The maximum Gasteiger partial charge on any atom is 0.226 e. The summed E-state index contributed by atoms with van der Waals surface area (Å²) < 4.78 is 1.76. The highest BCUT2D eigenvalue weighted by Crippen LogP contribution is 2.28. The number of aromatic nitrogens is 2. The molecule has 0 spiro atoms. The van der Waals surface area contributed by atoms with Gasteiger partial charge in [0.25, 0.3) is 0 Å². The number of benzene rings is 1. The molecule has 20 heavy (non-hydrogen) atoms. The molecule has 0 saturated heterocycles. The molecule has 2 aromatic rings. The average molecular weight is 293 g/mol. The minimum atomic E-state index is -0.558. The Bertz CT molecular complexity index is 602. The average Bonchev–Trinajstić information content (AvgIpc) is 2.79. The van der Waals surface area contributed by atoms with Gasteiger partial charge in [-0.2, -0.15) is 0 Å². The van der Waals surface area contributed by atoms with Gasteiger partial charge in [0.15, 0.2) is 0 Å². The molecule has 2 rings (SSSR count). The second kappa shape index (κ2) is 5.64. The first-order chi connectivity index (χ1) is 9.37.